The molecule has 2 heterocycles. The molecule has 0 saturated heterocycles. The van der Waals surface area contributed by atoms with E-state index in [-0.39, 0.29) is 11.6 Å². The van der Waals surface area contributed by atoms with Crippen molar-refractivity contribution in [3.05, 3.63) is 78.9 Å². The molecule has 2 aromatic heterocycles. The van der Waals surface area contributed by atoms with Crippen molar-refractivity contribution in [1.82, 2.24) is 19.7 Å². The van der Waals surface area contributed by atoms with Crippen molar-refractivity contribution in [2.24, 2.45) is 0 Å². The lowest BCUT2D eigenvalue weighted by Crippen LogP contribution is -2.13. The molecule has 0 radical (unpaired) electrons. The van der Waals surface area contributed by atoms with Gasteiger partial charge in [0.2, 0.25) is 0 Å². The smallest absolute Gasteiger partial charge is 0.275 e. The molecule has 4 aromatic rings. The standard InChI is InChI=1S/C18H13N5O/c24-18(17-11-19-15-8-4-5-9-16(15)22-17)21-13-10-20-23(12-13)14-6-2-1-3-7-14/h1-12H,(H,21,24). The summed E-state index contributed by atoms with van der Waals surface area (Å²) in [6.45, 7) is 0. The van der Waals surface area contributed by atoms with E-state index in [1.807, 2.05) is 54.6 Å². The van der Waals surface area contributed by atoms with Crippen molar-refractivity contribution in [1.29, 1.82) is 0 Å². The number of carbonyl (C=O) groups excluding carboxylic acids is 1. The molecule has 0 saturated carbocycles. The topological polar surface area (TPSA) is 72.7 Å². The van der Waals surface area contributed by atoms with Crippen molar-refractivity contribution in [3.8, 4) is 5.69 Å². The Morgan fingerprint density at radius 2 is 1.67 bits per heavy atom. The van der Waals surface area contributed by atoms with E-state index in [9.17, 15) is 4.79 Å². The summed E-state index contributed by atoms with van der Waals surface area (Å²) in [4.78, 5) is 20.9. The Morgan fingerprint density at radius 1 is 0.917 bits per heavy atom. The molecule has 0 unspecified atom stereocenters. The quantitative estimate of drug-likeness (QED) is 0.630. The number of para-hydroxylation sites is 3. The van der Waals surface area contributed by atoms with Gasteiger partial charge >= 0.3 is 0 Å². The third kappa shape index (κ3) is 2.72. The fourth-order valence-electron chi connectivity index (χ4n) is 2.37. The molecule has 0 aliphatic heterocycles. The first-order valence-electron chi connectivity index (χ1n) is 7.43. The number of aromatic nitrogens is 4. The molecule has 0 atom stereocenters. The summed E-state index contributed by atoms with van der Waals surface area (Å²) in [7, 11) is 0. The molecule has 2 aromatic carbocycles. The van der Waals surface area contributed by atoms with E-state index < -0.39 is 0 Å². The number of amides is 1. The summed E-state index contributed by atoms with van der Waals surface area (Å²) in [6.07, 6.45) is 4.82. The van der Waals surface area contributed by atoms with E-state index >= 15 is 0 Å². The lowest BCUT2D eigenvalue weighted by molar-refractivity contribution is 0.102. The van der Waals surface area contributed by atoms with E-state index in [0.29, 0.717) is 11.2 Å². The molecular formula is C18H13N5O. The fourth-order valence-corrected chi connectivity index (χ4v) is 2.37. The molecule has 1 amide bonds. The number of benzene rings is 2. The Labute approximate surface area is 137 Å². The fraction of sp³-hybridized carbons (Fsp3) is 0. The zero-order chi connectivity index (χ0) is 16.4. The number of nitrogens with one attached hydrogen (secondary N) is 1. The average molecular weight is 315 g/mol. The summed E-state index contributed by atoms with van der Waals surface area (Å²) in [5, 5.41) is 7.04. The van der Waals surface area contributed by atoms with Gasteiger partial charge in [-0.1, -0.05) is 30.3 Å². The monoisotopic (exact) mass is 315 g/mol. The lowest BCUT2D eigenvalue weighted by atomic mass is 10.3. The Morgan fingerprint density at radius 3 is 2.50 bits per heavy atom. The summed E-state index contributed by atoms with van der Waals surface area (Å²) in [6, 6.07) is 17.1. The Bertz CT molecular complexity index is 1010. The molecule has 0 aliphatic carbocycles. The second-order valence-corrected chi connectivity index (χ2v) is 5.21. The van der Waals surface area contributed by atoms with Crippen LogP contribution in [0.15, 0.2) is 73.2 Å². The average Bonchev–Trinajstić information content (AvgIpc) is 3.10. The molecule has 1 N–H and O–H groups in total. The summed E-state index contributed by atoms with van der Waals surface area (Å²) in [5.74, 6) is -0.319. The Balaban J connectivity index is 1.56. The summed E-state index contributed by atoms with van der Waals surface area (Å²) >= 11 is 0. The minimum absolute atomic E-state index is 0.265. The van der Waals surface area contributed by atoms with Crippen LogP contribution in [0.1, 0.15) is 10.5 Å². The number of carbonyl (C=O) groups is 1. The molecule has 4 rings (SSSR count). The Kier molecular flexibility index (Phi) is 3.47. The van der Waals surface area contributed by atoms with E-state index in [2.05, 4.69) is 20.4 Å². The number of hydrogen-bond acceptors (Lipinski definition) is 4. The van der Waals surface area contributed by atoms with Crippen LogP contribution in [0.4, 0.5) is 5.69 Å². The van der Waals surface area contributed by atoms with Gasteiger partial charge in [-0.25, -0.2) is 9.67 Å². The highest BCUT2D eigenvalue weighted by molar-refractivity contribution is 6.03. The number of hydrogen-bond donors (Lipinski definition) is 1. The van der Waals surface area contributed by atoms with Gasteiger partial charge < -0.3 is 5.32 Å². The van der Waals surface area contributed by atoms with Crippen LogP contribution in [-0.4, -0.2) is 25.7 Å². The Hall–Kier alpha value is -3.54. The van der Waals surface area contributed by atoms with Gasteiger partial charge in [0, 0.05) is 0 Å². The molecule has 116 valence electrons. The van der Waals surface area contributed by atoms with Crippen molar-refractivity contribution in [2.45, 2.75) is 0 Å². The van der Waals surface area contributed by atoms with Crippen LogP contribution in [0.5, 0.6) is 0 Å². The molecule has 24 heavy (non-hydrogen) atoms. The van der Waals surface area contributed by atoms with Gasteiger partial charge in [0.25, 0.3) is 5.91 Å². The first-order valence-corrected chi connectivity index (χ1v) is 7.43. The molecule has 0 fully saturated rings. The highest BCUT2D eigenvalue weighted by atomic mass is 16.1. The molecular weight excluding hydrogens is 302 g/mol. The van der Waals surface area contributed by atoms with Gasteiger partial charge in [0.15, 0.2) is 0 Å². The van der Waals surface area contributed by atoms with E-state index in [0.717, 1.165) is 11.2 Å². The molecule has 6 nitrogen and oxygen atoms in total. The van der Waals surface area contributed by atoms with Crippen molar-refractivity contribution in [3.63, 3.8) is 0 Å². The third-order valence-corrected chi connectivity index (χ3v) is 3.54. The lowest BCUT2D eigenvalue weighted by Gasteiger charge is -2.03. The first-order chi connectivity index (χ1) is 11.8. The zero-order valence-corrected chi connectivity index (χ0v) is 12.6. The minimum Gasteiger partial charge on any atom is -0.318 e. The van der Waals surface area contributed by atoms with E-state index in [1.54, 1.807) is 17.1 Å². The SMILES string of the molecule is O=C(Nc1cnn(-c2ccccc2)c1)c1cnc2ccccc2n1. The number of nitrogens with zero attached hydrogens (tertiary/aromatic N) is 4. The maximum absolute atomic E-state index is 12.4. The van der Waals surface area contributed by atoms with Crippen molar-refractivity contribution < 1.29 is 4.79 Å². The maximum atomic E-state index is 12.4. The summed E-state index contributed by atoms with van der Waals surface area (Å²) < 4.78 is 1.70. The van der Waals surface area contributed by atoms with E-state index in [4.69, 9.17) is 0 Å². The number of anilines is 1. The molecule has 0 aliphatic rings. The van der Waals surface area contributed by atoms with Crippen LogP contribution in [-0.2, 0) is 0 Å². The first kappa shape index (κ1) is 14.1. The maximum Gasteiger partial charge on any atom is 0.275 e. The highest BCUT2D eigenvalue weighted by Crippen LogP contribution is 2.13. The van der Waals surface area contributed by atoms with Gasteiger partial charge in [-0.05, 0) is 24.3 Å². The number of fused-ring (bicyclic) bond motifs is 1. The second kappa shape index (κ2) is 5.92. The van der Waals surface area contributed by atoms with Crippen molar-refractivity contribution in [2.75, 3.05) is 5.32 Å². The van der Waals surface area contributed by atoms with Gasteiger partial charge in [0.1, 0.15) is 5.69 Å². The summed E-state index contributed by atoms with van der Waals surface area (Å²) in [5.41, 5.74) is 3.22. The predicted molar refractivity (Wildman–Crippen MR) is 91.1 cm³/mol. The van der Waals surface area contributed by atoms with Crippen LogP contribution < -0.4 is 5.32 Å². The van der Waals surface area contributed by atoms with Gasteiger partial charge in [-0.15, -0.1) is 0 Å². The number of rotatable bonds is 3. The normalized spacial score (nSPS) is 10.7. The largest absolute Gasteiger partial charge is 0.318 e. The van der Waals surface area contributed by atoms with Crippen LogP contribution >= 0.6 is 0 Å². The minimum atomic E-state index is -0.319. The van der Waals surface area contributed by atoms with Gasteiger partial charge in [0.05, 0.1) is 41.0 Å². The van der Waals surface area contributed by atoms with Gasteiger partial charge in [-0.3, -0.25) is 9.78 Å². The molecule has 0 bridgehead atoms. The zero-order valence-electron chi connectivity index (χ0n) is 12.6. The van der Waals surface area contributed by atoms with E-state index in [1.165, 1.54) is 6.20 Å². The molecule has 0 spiro atoms. The molecule has 6 heteroatoms. The highest BCUT2D eigenvalue weighted by Gasteiger charge is 2.11. The second-order valence-electron chi connectivity index (χ2n) is 5.21. The third-order valence-electron chi connectivity index (χ3n) is 3.54. The van der Waals surface area contributed by atoms with Crippen LogP contribution in [0.2, 0.25) is 0 Å². The van der Waals surface area contributed by atoms with Crippen LogP contribution in [0.3, 0.4) is 0 Å². The van der Waals surface area contributed by atoms with Crippen molar-refractivity contribution >= 4 is 22.6 Å². The van der Waals surface area contributed by atoms with Crippen LogP contribution in [0.25, 0.3) is 16.7 Å². The predicted octanol–water partition coefficient (Wildman–Crippen LogP) is 3.07. The van der Waals surface area contributed by atoms with Crippen LogP contribution in [0, 0.1) is 0 Å². The van der Waals surface area contributed by atoms with Gasteiger partial charge in [-0.2, -0.15) is 5.10 Å².